The lowest BCUT2D eigenvalue weighted by Gasteiger charge is -2.19. The van der Waals surface area contributed by atoms with Crippen molar-refractivity contribution >= 4 is 15.9 Å². The Kier molecular flexibility index (Phi) is 29.2. The van der Waals surface area contributed by atoms with Crippen molar-refractivity contribution < 1.29 is 22.7 Å². The molecule has 1 amide bonds. The molecule has 1 rings (SSSR count). The number of sulfonamides is 1. The Morgan fingerprint density at radius 3 is 1.50 bits per heavy atom. The summed E-state index contributed by atoms with van der Waals surface area (Å²) < 4.78 is 39.6. The number of hydrogen-bond donors (Lipinski definition) is 2. The Bertz CT molecular complexity index is 970. The van der Waals surface area contributed by atoms with Gasteiger partial charge in [-0.05, 0) is 31.9 Å². The van der Waals surface area contributed by atoms with Gasteiger partial charge in [0.1, 0.15) is 0 Å². The minimum absolute atomic E-state index is 0.149. The van der Waals surface area contributed by atoms with Gasteiger partial charge in [0, 0.05) is 19.8 Å². The van der Waals surface area contributed by atoms with Crippen LogP contribution in [0.25, 0.3) is 0 Å². The Hall–Kier alpha value is -1.48. The molecule has 0 saturated heterocycles. The van der Waals surface area contributed by atoms with Crippen LogP contribution < -0.4 is 10.0 Å². The molecule has 0 fully saturated rings. The van der Waals surface area contributed by atoms with Gasteiger partial charge in [0.15, 0.2) is 0 Å². The van der Waals surface area contributed by atoms with Gasteiger partial charge in [-0.15, -0.1) is 0 Å². The van der Waals surface area contributed by atoms with Gasteiger partial charge in [-0.2, -0.15) is 0 Å². The summed E-state index contributed by atoms with van der Waals surface area (Å²) in [5.41, 5.74) is 0.974. The van der Waals surface area contributed by atoms with E-state index in [9.17, 15) is 13.2 Å². The third-order valence-electron chi connectivity index (χ3n) is 9.08. The van der Waals surface area contributed by atoms with Gasteiger partial charge in [0.25, 0.3) is 0 Å². The van der Waals surface area contributed by atoms with E-state index in [0.717, 1.165) is 24.8 Å². The third-order valence-corrected chi connectivity index (χ3v) is 10.5. The first-order valence-electron chi connectivity index (χ1n) is 19.9. The van der Waals surface area contributed by atoms with Crippen LogP contribution in [-0.2, 0) is 24.3 Å². The largest absolute Gasteiger partial charge is 0.379 e. The minimum Gasteiger partial charge on any atom is -0.379 e. The summed E-state index contributed by atoms with van der Waals surface area (Å²) in [5.74, 6) is -0.384. The van der Waals surface area contributed by atoms with Crippen molar-refractivity contribution in [1.29, 1.82) is 0 Å². The van der Waals surface area contributed by atoms with Gasteiger partial charge < -0.3 is 14.8 Å². The molecule has 0 aliphatic heterocycles. The van der Waals surface area contributed by atoms with E-state index in [-0.39, 0.29) is 23.5 Å². The molecule has 0 radical (unpaired) electrons. The normalized spacial score (nSPS) is 12.4. The molecular formula is C40H74N2O5S. The highest BCUT2D eigenvalue weighted by atomic mass is 32.2. The summed E-state index contributed by atoms with van der Waals surface area (Å²) in [4.78, 5) is 12.7. The van der Waals surface area contributed by atoms with Crippen molar-refractivity contribution in [2.45, 2.75) is 186 Å². The number of aryl methyl sites for hydroxylation is 1. The first-order valence-corrected chi connectivity index (χ1v) is 21.4. The van der Waals surface area contributed by atoms with Crippen molar-refractivity contribution in [3.05, 3.63) is 29.8 Å². The van der Waals surface area contributed by atoms with E-state index in [2.05, 4.69) is 23.9 Å². The van der Waals surface area contributed by atoms with Gasteiger partial charge in [-0.3, -0.25) is 4.79 Å². The number of rotatable bonds is 35. The number of nitrogens with one attached hydrogen (secondary N) is 2. The fourth-order valence-electron chi connectivity index (χ4n) is 5.87. The second kappa shape index (κ2) is 31.5. The standard InChI is InChI=1S/C40H74N2O5S/c1-4-6-8-10-12-14-16-18-20-22-24-26-32-46-36-38(47-33-27-25-23-21-19-17-15-13-11-9-7-5-2)34-41-40(43)35-42-48(44,45)39-30-28-37(3)29-31-39/h28-31,38,42H,4-27,32-36H2,1-3H3,(H,41,43). The van der Waals surface area contributed by atoms with Crippen LogP contribution in [0, 0.1) is 6.92 Å². The molecule has 0 aliphatic carbocycles. The number of amides is 1. The number of benzene rings is 1. The van der Waals surface area contributed by atoms with Crippen LogP contribution in [-0.4, -0.2) is 53.3 Å². The summed E-state index contributed by atoms with van der Waals surface area (Å²) in [5, 5.41) is 2.84. The lowest BCUT2D eigenvalue weighted by Crippen LogP contribution is -2.42. The van der Waals surface area contributed by atoms with Crippen molar-refractivity contribution in [1.82, 2.24) is 10.0 Å². The monoisotopic (exact) mass is 695 g/mol. The van der Waals surface area contributed by atoms with Crippen LogP contribution in [0.1, 0.15) is 174 Å². The number of ether oxygens (including phenoxy) is 2. The highest BCUT2D eigenvalue weighted by molar-refractivity contribution is 7.89. The van der Waals surface area contributed by atoms with Gasteiger partial charge in [-0.1, -0.05) is 173 Å². The predicted octanol–water partition coefficient (Wildman–Crippen LogP) is 10.2. The van der Waals surface area contributed by atoms with Crippen molar-refractivity contribution in [3.63, 3.8) is 0 Å². The van der Waals surface area contributed by atoms with E-state index in [1.807, 2.05) is 6.92 Å². The summed E-state index contributed by atoms with van der Waals surface area (Å²) in [6.45, 7) is 8.16. The molecule has 0 spiro atoms. The maximum Gasteiger partial charge on any atom is 0.241 e. The average Bonchev–Trinajstić information content (AvgIpc) is 3.08. The summed E-state index contributed by atoms with van der Waals surface area (Å²) in [6.07, 6.45) is 31.0. The molecule has 0 saturated carbocycles. The maximum atomic E-state index is 12.6. The molecule has 8 heteroatoms. The highest BCUT2D eigenvalue weighted by Crippen LogP contribution is 2.14. The van der Waals surface area contributed by atoms with Crippen molar-refractivity contribution in [2.75, 3.05) is 32.9 Å². The van der Waals surface area contributed by atoms with Crippen molar-refractivity contribution in [2.24, 2.45) is 0 Å². The van der Waals surface area contributed by atoms with E-state index < -0.39 is 10.0 Å². The second-order valence-corrected chi connectivity index (χ2v) is 15.6. The summed E-state index contributed by atoms with van der Waals surface area (Å²) in [7, 11) is -3.75. The lowest BCUT2D eigenvalue weighted by molar-refractivity contribution is -0.121. The summed E-state index contributed by atoms with van der Waals surface area (Å²) >= 11 is 0. The molecule has 280 valence electrons. The zero-order valence-electron chi connectivity index (χ0n) is 31.3. The van der Waals surface area contributed by atoms with Crippen LogP contribution in [0.5, 0.6) is 0 Å². The molecule has 1 aromatic carbocycles. The fourth-order valence-corrected chi connectivity index (χ4v) is 6.85. The molecule has 7 nitrogen and oxygen atoms in total. The Balaban J connectivity index is 2.28. The van der Waals surface area contributed by atoms with E-state index in [1.54, 1.807) is 24.3 Å². The Morgan fingerprint density at radius 1 is 0.625 bits per heavy atom. The van der Waals surface area contributed by atoms with Crippen LogP contribution in [0.15, 0.2) is 29.2 Å². The number of unbranched alkanes of at least 4 members (excludes halogenated alkanes) is 22. The minimum atomic E-state index is -3.75. The highest BCUT2D eigenvalue weighted by Gasteiger charge is 2.17. The molecule has 0 aliphatic rings. The smallest absolute Gasteiger partial charge is 0.241 e. The number of carbonyl (C=O) groups excluding carboxylic acids is 1. The van der Waals surface area contributed by atoms with Crippen LogP contribution in [0.4, 0.5) is 0 Å². The van der Waals surface area contributed by atoms with Crippen LogP contribution in [0.2, 0.25) is 0 Å². The fraction of sp³-hybridized carbons (Fsp3) is 0.825. The Morgan fingerprint density at radius 2 is 1.04 bits per heavy atom. The lowest BCUT2D eigenvalue weighted by atomic mass is 10.1. The molecule has 0 bridgehead atoms. The first-order chi connectivity index (χ1) is 23.4. The second-order valence-electron chi connectivity index (χ2n) is 13.8. The number of carbonyl (C=O) groups is 1. The zero-order chi connectivity index (χ0) is 35.0. The third kappa shape index (κ3) is 26.4. The van der Waals surface area contributed by atoms with Gasteiger partial charge in [-0.25, -0.2) is 13.1 Å². The van der Waals surface area contributed by atoms with E-state index in [1.165, 1.54) is 135 Å². The van der Waals surface area contributed by atoms with Gasteiger partial charge >= 0.3 is 0 Å². The topological polar surface area (TPSA) is 93.7 Å². The molecule has 1 atom stereocenters. The molecule has 2 N–H and O–H groups in total. The number of hydrogen-bond acceptors (Lipinski definition) is 5. The molecule has 0 aromatic heterocycles. The van der Waals surface area contributed by atoms with Crippen LogP contribution in [0.3, 0.4) is 0 Å². The van der Waals surface area contributed by atoms with E-state index in [4.69, 9.17) is 9.47 Å². The Labute approximate surface area is 296 Å². The quantitative estimate of drug-likeness (QED) is 0.0690. The molecule has 48 heavy (non-hydrogen) atoms. The summed E-state index contributed by atoms with van der Waals surface area (Å²) in [6, 6.07) is 6.57. The molecular weight excluding hydrogens is 621 g/mol. The van der Waals surface area contributed by atoms with Gasteiger partial charge in [0.2, 0.25) is 15.9 Å². The maximum absolute atomic E-state index is 12.6. The predicted molar refractivity (Wildman–Crippen MR) is 202 cm³/mol. The molecule has 1 aromatic rings. The average molecular weight is 695 g/mol. The van der Waals surface area contributed by atoms with Crippen LogP contribution >= 0.6 is 0 Å². The zero-order valence-corrected chi connectivity index (χ0v) is 32.2. The first kappa shape index (κ1) is 44.5. The molecule has 1 unspecified atom stereocenters. The van der Waals surface area contributed by atoms with E-state index in [0.29, 0.717) is 26.4 Å². The van der Waals surface area contributed by atoms with Gasteiger partial charge in [0.05, 0.1) is 24.2 Å². The molecule has 0 heterocycles. The van der Waals surface area contributed by atoms with E-state index >= 15 is 0 Å². The SMILES string of the molecule is CCCCCCCCCCCCCCOCC(CNC(=O)CNS(=O)(=O)c1ccc(C)cc1)OCCCCCCCCCCCCCC. The van der Waals surface area contributed by atoms with Crippen molar-refractivity contribution in [3.8, 4) is 0 Å².